The van der Waals surface area contributed by atoms with Gasteiger partial charge >= 0.3 is 0 Å². The molecule has 0 atom stereocenters. The summed E-state index contributed by atoms with van der Waals surface area (Å²) in [5, 5.41) is 0. The lowest BCUT2D eigenvalue weighted by Gasteiger charge is -2.12. The first-order valence-electron chi connectivity index (χ1n) is 5.23. The molecule has 3 nitrogen and oxygen atoms in total. The molecule has 0 aliphatic heterocycles. The van der Waals surface area contributed by atoms with Crippen molar-refractivity contribution in [3.05, 3.63) is 23.8 Å². The van der Waals surface area contributed by atoms with Crippen molar-refractivity contribution in [2.24, 2.45) is 4.99 Å². The van der Waals surface area contributed by atoms with Crippen molar-refractivity contribution in [1.29, 1.82) is 0 Å². The Hall–Kier alpha value is -1.51. The second-order valence-corrected chi connectivity index (χ2v) is 4.54. The highest BCUT2D eigenvalue weighted by molar-refractivity contribution is 5.84. The van der Waals surface area contributed by atoms with E-state index in [1.807, 2.05) is 24.4 Å². The molecule has 0 N–H and O–H groups in total. The van der Waals surface area contributed by atoms with Crippen molar-refractivity contribution in [3.63, 3.8) is 0 Å². The van der Waals surface area contributed by atoms with Gasteiger partial charge in [0.25, 0.3) is 0 Å². The first-order valence-corrected chi connectivity index (χ1v) is 5.23. The average Bonchev–Trinajstić information content (AvgIpc) is 2.25. The van der Waals surface area contributed by atoms with Gasteiger partial charge in [-0.2, -0.15) is 0 Å². The molecule has 0 heterocycles. The molecule has 0 aromatic heterocycles. The van der Waals surface area contributed by atoms with Crippen molar-refractivity contribution >= 4 is 6.21 Å². The minimum Gasteiger partial charge on any atom is -0.497 e. The standard InChI is InChI=1S/C13H19NO2/c1-13(2,3)14-9-10-8-11(15-4)6-7-12(10)16-5/h6-9H,1-5H3. The third-order valence-electron chi connectivity index (χ3n) is 2.03. The molecule has 0 fully saturated rings. The van der Waals surface area contributed by atoms with Gasteiger partial charge < -0.3 is 9.47 Å². The lowest BCUT2D eigenvalue weighted by Crippen LogP contribution is -2.09. The van der Waals surface area contributed by atoms with E-state index in [0.29, 0.717) is 0 Å². The molecule has 0 amide bonds. The van der Waals surface area contributed by atoms with Gasteiger partial charge in [0.05, 0.1) is 19.8 Å². The van der Waals surface area contributed by atoms with Crippen LogP contribution >= 0.6 is 0 Å². The van der Waals surface area contributed by atoms with Crippen LogP contribution in [0.3, 0.4) is 0 Å². The number of rotatable bonds is 3. The first kappa shape index (κ1) is 12.6. The number of nitrogens with zero attached hydrogens (tertiary/aromatic N) is 1. The fourth-order valence-corrected chi connectivity index (χ4v) is 1.20. The number of benzene rings is 1. The molecule has 0 saturated heterocycles. The molecule has 1 aromatic rings. The van der Waals surface area contributed by atoms with Crippen LogP contribution in [0.15, 0.2) is 23.2 Å². The number of methoxy groups -OCH3 is 2. The number of ether oxygens (including phenoxy) is 2. The van der Waals surface area contributed by atoms with E-state index in [1.54, 1.807) is 14.2 Å². The minimum atomic E-state index is -0.0892. The van der Waals surface area contributed by atoms with Gasteiger partial charge in [0, 0.05) is 11.8 Å². The van der Waals surface area contributed by atoms with E-state index in [0.717, 1.165) is 17.1 Å². The Balaban J connectivity index is 3.05. The van der Waals surface area contributed by atoms with Gasteiger partial charge in [0.1, 0.15) is 11.5 Å². The predicted octanol–water partition coefficient (Wildman–Crippen LogP) is 2.92. The average molecular weight is 221 g/mol. The van der Waals surface area contributed by atoms with E-state index in [2.05, 4.69) is 25.8 Å². The zero-order chi connectivity index (χ0) is 12.2. The largest absolute Gasteiger partial charge is 0.497 e. The predicted molar refractivity (Wildman–Crippen MR) is 66.9 cm³/mol. The maximum absolute atomic E-state index is 5.26. The normalized spacial score (nSPS) is 11.8. The van der Waals surface area contributed by atoms with Crippen LogP contribution in [0.1, 0.15) is 26.3 Å². The minimum absolute atomic E-state index is 0.0892. The van der Waals surface area contributed by atoms with Gasteiger partial charge in [-0.05, 0) is 39.0 Å². The fourth-order valence-electron chi connectivity index (χ4n) is 1.20. The van der Waals surface area contributed by atoms with E-state index in [1.165, 1.54) is 0 Å². The van der Waals surface area contributed by atoms with Gasteiger partial charge in [-0.15, -0.1) is 0 Å². The van der Waals surface area contributed by atoms with Gasteiger partial charge in [0.2, 0.25) is 0 Å². The molecule has 1 rings (SSSR count). The first-order chi connectivity index (χ1) is 7.46. The van der Waals surface area contributed by atoms with Crippen LogP contribution in [0, 0.1) is 0 Å². The molecule has 0 spiro atoms. The molecule has 0 radical (unpaired) electrons. The molecule has 88 valence electrons. The maximum atomic E-state index is 5.26. The third-order valence-corrected chi connectivity index (χ3v) is 2.03. The van der Waals surface area contributed by atoms with E-state index in [9.17, 15) is 0 Å². The third kappa shape index (κ3) is 3.57. The Morgan fingerprint density at radius 2 is 1.81 bits per heavy atom. The van der Waals surface area contributed by atoms with Gasteiger partial charge in [0.15, 0.2) is 0 Å². The highest BCUT2D eigenvalue weighted by atomic mass is 16.5. The molecule has 0 aliphatic carbocycles. The lowest BCUT2D eigenvalue weighted by molar-refractivity contribution is 0.402. The summed E-state index contributed by atoms with van der Waals surface area (Å²) in [6.07, 6.45) is 1.82. The van der Waals surface area contributed by atoms with Crippen LogP contribution in [0.2, 0.25) is 0 Å². The molecular formula is C13H19NO2. The van der Waals surface area contributed by atoms with Crippen molar-refractivity contribution < 1.29 is 9.47 Å². The Morgan fingerprint density at radius 1 is 1.12 bits per heavy atom. The van der Waals surface area contributed by atoms with Crippen LogP contribution in [-0.4, -0.2) is 26.0 Å². The van der Waals surface area contributed by atoms with E-state index in [4.69, 9.17) is 9.47 Å². The molecule has 16 heavy (non-hydrogen) atoms. The Bertz CT molecular complexity index is 378. The Kier molecular flexibility index (Phi) is 3.93. The lowest BCUT2D eigenvalue weighted by atomic mass is 10.1. The quantitative estimate of drug-likeness (QED) is 0.735. The van der Waals surface area contributed by atoms with E-state index in [-0.39, 0.29) is 5.54 Å². The summed E-state index contributed by atoms with van der Waals surface area (Å²) in [6.45, 7) is 6.16. The van der Waals surface area contributed by atoms with Crippen LogP contribution < -0.4 is 9.47 Å². The molecule has 0 saturated carbocycles. The van der Waals surface area contributed by atoms with Crippen LogP contribution in [-0.2, 0) is 0 Å². The zero-order valence-corrected chi connectivity index (χ0v) is 10.6. The van der Waals surface area contributed by atoms with E-state index < -0.39 is 0 Å². The molecular weight excluding hydrogens is 202 g/mol. The Labute approximate surface area is 97.1 Å². The molecule has 0 aliphatic rings. The Morgan fingerprint density at radius 3 is 2.31 bits per heavy atom. The summed E-state index contributed by atoms with van der Waals surface area (Å²) >= 11 is 0. The molecule has 3 heteroatoms. The van der Waals surface area contributed by atoms with Crippen LogP contribution in [0.25, 0.3) is 0 Å². The van der Waals surface area contributed by atoms with Gasteiger partial charge in [-0.3, -0.25) is 4.99 Å². The van der Waals surface area contributed by atoms with Gasteiger partial charge in [-0.1, -0.05) is 0 Å². The van der Waals surface area contributed by atoms with Crippen molar-refractivity contribution in [2.75, 3.05) is 14.2 Å². The fraction of sp³-hybridized carbons (Fsp3) is 0.462. The van der Waals surface area contributed by atoms with Crippen molar-refractivity contribution in [1.82, 2.24) is 0 Å². The highest BCUT2D eigenvalue weighted by Crippen LogP contribution is 2.22. The zero-order valence-electron chi connectivity index (χ0n) is 10.6. The monoisotopic (exact) mass is 221 g/mol. The van der Waals surface area contributed by atoms with Crippen molar-refractivity contribution in [3.8, 4) is 11.5 Å². The maximum Gasteiger partial charge on any atom is 0.127 e. The second-order valence-electron chi connectivity index (χ2n) is 4.54. The summed E-state index contributed by atoms with van der Waals surface area (Å²) in [5.74, 6) is 1.60. The topological polar surface area (TPSA) is 30.8 Å². The molecule has 0 bridgehead atoms. The number of hydrogen-bond donors (Lipinski definition) is 0. The summed E-state index contributed by atoms with van der Waals surface area (Å²) in [4.78, 5) is 4.45. The SMILES string of the molecule is COc1ccc(OC)c(C=NC(C)(C)C)c1. The summed E-state index contributed by atoms with van der Waals surface area (Å²) in [5.41, 5.74) is 0.838. The molecule has 1 aromatic carbocycles. The summed E-state index contributed by atoms with van der Waals surface area (Å²) < 4.78 is 10.4. The van der Waals surface area contributed by atoms with Crippen LogP contribution in [0.4, 0.5) is 0 Å². The van der Waals surface area contributed by atoms with Crippen LogP contribution in [0.5, 0.6) is 11.5 Å². The number of hydrogen-bond acceptors (Lipinski definition) is 3. The number of aliphatic imine (C=N–C) groups is 1. The summed E-state index contributed by atoms with van der Waals surface area (Å²) in [7, 11) is 3.29. The second kappa shape index (κ2) is 5.01. The smallest absolute Gasteiger partial charge is 0.127 e. The highest BCUT2D eigenvalue weighted by Gasteiger charge is 2.07. The van der Waals surface area contributed by atoms with Gasteiger partial charge in [-0.25, -0.2) is 0 Å². The molecule has 0 unspecified atom stereocenters. The van der Waals surface area contributed by atoms with Crippen molar-refractivity contribution in [2.45, 2.75) is 26.3 Å². The summed E-state index contributed by atoms with van der Waals surface area (Å²) in [6, 6.07) is 5.66. The van der Waals surface area contributed by atoms with E-state index >= 15 is 0 Å².